The van der Waals surface area contributed by atoms with Crippen molar-refractivity contribution in [2.24, 2.45) is 0 Å². The number of nitrogens with zero attached hydrogens (tertiary/aromatic N) is 2. The number of anilines is 1. The highest BCUT2D eigenvalue weighted by Crippen LogP contribution is 2.26. The molecular weight excluding hydrogens is 334 g/mol. The summed E-state index contributed by atoms with van der Waals surface area (Å²) in [6.45, 7) is 6.13. The van der Waals surface area contributed by atoms with Crippen LogP contribution in [-0.4, -0.2) is 18.6 Å². The molecule has 0 saturated carbocycles. The molecule has 0 radical (unpaired) electrons. The van der Waals surface area contributed by atoms with Crippen molar-refractivity contribution in [1.29, 1.82) is 0 Å². The van der Waals surface area contributed by atoms with Gasteiger partial charge in [0.2, 0.25) is 0 Å². The topological polar surface area (TPSA) is 28.2 Å². The maximum atomic E-state index is 4.56. The summed E-state index contributed by atoms with van der Waals surface area (Å²) in [6, 6.07) is 6.62. The molecule has 5 heteroatoms. The minimum atomic E-state index is 0.307. The van der Waals surface area contributed by atoms with Gasteiger partial charge in [0, 0.05) is 39.6 Å². The van der Waals surface area contributed by atoms with E-state index in [2.05, 4.69) is 69.5 Å². The minimum absolute atomic E-state index is 0.307. The number of thiophene rings is 1. The first-order valence-corrected chi connectivity index (χ1v) is 8.41. The second kappa shape index (κ2) is 7.20. The van der Waals surface area contributed by atoms with Crippen molar-refractivity contribution in [3.63, 3.8) is 0 Å². The van der Waals surface area contributed by atoms with Crippen molar-refractivity contribution in [3.05, 3.63) is 44.7 Å². The van der Waals surface area contributed by atoms with Gasteiger partial charge in [0.05, 0.1) is 6.54 Å². The monoisotopic (exact) mass is 353 g/mol. The molecule has 2 aromatic rings. The van der Waals surface area contributed by atoms with E-state index < -0.39 is 0 Å². The first kappa shape index (κ1) is 15.5. The first-order valence-electron chi connectivity index (χ1n) is 6.74. The lowest BCUT2D eigenvalue weighted by Gasteiger charge is -2.23. The zero-order valence-electron chi connectivity index (χ0n) is 12.1. The zero-order chi connectivity index (χ0) is 14.5. The molecule has 0 aliphatic carbocycles. The summed E-state index contributed by atoms with van der Waals surface area (Å²) in [5, 5.41) is 5.57. The van der Waals surface area contributed by atoms with Crippen LogP contribution in [0, 0.1) is 0 Å². The van der Waals surface area contributed by atoms with E-state index >= 15 is 0 Å². The van der Waals surface area contributed by atoms with Crippen LogP contribution in [0.4, 0.5) is 5.82 Å². The number of hydrogen-bond donors (Lipinski definition) is 1. The van der Waals surface area contributed by atoms with Crippen LogP contribution < -0.4 is 10.2 Å². The highest BCUT2D eigenvalue weighted by Gasteiger charge is 2.14. The molecule has 0 bridgehead atoms. The molecule has 1 atom stereocenters. The van der Waals surface area contributed by atoms with Crippen LogP contribution in [0.2, 0.25) is 0 Å². The summed E-state index contributed by atoms with van der Waals surface area (Å²) < 4.78 is 1.15. The molecular formula is C15H20BrN3S. The Labute approximate surface area is 133 Å². The lowest BCUT2D eigenvalue weighted by molar-refractivity contribution is 0.594. The van der Waals surface area contributed by atoms with Crippen molar-refractivity contribution in [3.8, 4) is 0 Å². The Bertz CT molecular complexity index is 556. The SMILES string of the molecule is CCNC(C)c1cccnc1N(C)Cc1cc(Br)cs1. The van der Waals surface area contributed by atoms with E-state index in [-0.39, 0.29) is 0 Å². The quantitative estimate of drug-likeness (QED) is 0.842. The Kier molecular flexibility index (Phi) is 5.57. The molecule has 0 spiro atoms. The number of halogens is 1. The van der Waals surface area contributed by atoms with Crippen LogP contribution in [0.3, 0.4) is 0 Å². The smallest absolute Gasteiger partial charge is 0.133 e. The van der Waals surface area contributed by atoms with Crippen LogP contribution in [0.5, 0.6) is 0 Å². The lowest BCUT2D eigenvalue weighted by Crippen LogP contribution is -2.24. The van der Waals surface area contributed by atoms with Gasteiger partial charge >= 0.3 is 0 Å². The molecule has 0 saturated heterocycles. The van der Waals surface area contributed by atoms with Crippen molar-refractivity contribution >= 4 is 33.1 Å². The molecule has 0 fully saturated rings. The van der Waals surface area contributed by atoms with Gasteiger partial charge in [-0.25, -0.2) is 4.98 Å². The maximum absolute atomic E-state index is 4.56. The largest absolute Gasteiger partial charge is 0.354 e. The van der Waals surface area contributed by atoms with Crippen molar-refractivity contribution in [2.75, 3.05) is 18.5 Å². The van der Waals surface area contributed by atoms with E-state index in [1.54, 1.807) is 11.3 Å². The van der Waals surface area contributed by atoms with Crippen molar-refractivity contribution in [2.45, 2.75) is 26.4 Å². The molecule has 2 heterocycles. The van der Waals surface area contributed by atoms with Gasteiger partial charge in [0.1, 0.15) is 5.82 Å². The highest BCUT2D eigenvalue weighted by molar-refractivity contribution is 9.10. The van der Waals surface area contributed by atoms with Gasteiger partial charge in [0.15, 0.2) is 0 Å². The number of pyridine rings is 1. The molecule has 0 aliphatic rings. The van der Waals surface area contributed by atoms with Gasteiger partial charge in [-0.2, -0.15) is 0 Å². The fraction of sp³-hybridized carbons (Fsp3) is 0.400. The average molecular weight is 354 g/mol. The third-order valence-corrected chi connectivity index (χ3v) is 4.85. The molecule has 0 aromatic carbocycles. The van der Waals surface area contributed by atoms with Gasteiger partial charge in [-0.15, -0.1) is 11.3 Å². The molecule has 1 unspecified atom stereocenters. The van der Waals surface area contributed by atoms with Gasteiger partial charge in [-0.3, -0.25) is 0 Å². The number of rotatable bonds is 6. The lowest BCUT2D eigenvalue weighted by atomic mass is 10.1. The third kappa shape index (κ3) is 3.81. The van der Waals surface area contributed by atoms with E-state index in [0.717, 1.165) is 23.4 Å². The molecule has 108 valence electrons. The average Bonchev–Trinajstić information content (AvgIpc) is 2.84. The molecule has 1 N–H and O–H groups in total. The molecule has 2 aromatic heterocycles. The van der Waals surface area contributed by atoms with Crippen molar-refractivity contribution in [1.82, 2.24) is 10.3 Å². The second-order valence-corrected chi connectivity index (χ2v) is 6.69. The number of aromatic nitrogens is 1. The van der Waals surface area contributed by atoms with Crippen LogP contribution in [0.15, 0.2) is 34.2 Å². The third-order valence-electron chi connectivity index (χ3n) is 3.17. The fourth-order valence-corrected chi connectivity index (χ4v) is 3.73. The Hall–Kier alpha value is -0.910. The molecule has 2 rings (SSSR count). The van der Waals surface area contributed by atoms with Gasteiger partial charge < -0.3 is 10.2 Å². The van der Waals surface area contributed by atoms with Gasteiger partial charge in [-0.1, -0.05) is 13.0 Å². The van der Waals surface area contributed by atoms with E-state index in [1.165, 1.54) is 10.4 Å². The van der Waals surface area contributed by atoms with E-state index in [1.807, 2.05) is 12.3 Å². The van der Waals surface area contributed by atoms with Crippen LogP contribution in [-0.2, 0) is 6.54 Å². The van der Waals surface area contributed by atoms with Gasteiger partial charge in [-0.05, 0) is 41.5 Å². The zero-order valence-corrected chi connectivity index (χ0v) is 14.5. The highest BCUT2D eigenvalue weighted by atomic mass is 79.9. The number of nitrogens with one attached hydrogen (secondary N) is 1. The molecule has 0 amide bonds. The predicted octanol–water partition coefficient (Wildman–Crippen LogP) is 4.21. The normalized spacial score (nSPS) is 12.4. The van der Waals surface area contributed by atoms with E-state index in [0.29, 0.717) is 6.04 Å². The standard InChI is InChI=1S/C15H20BrN3S/c1-4-17-11(2)14-6-5-7-18-15(14)19(3)9-13-8-12(16)10-20-13/h5-8,10-11,17H,4,9H2,1-3H3. The molecule has 3 nitrogen and oxygen atoms in total. The Morgan fingerprint density at radius 3 is 2.95 bits per heavy atom. The van der Waals surface area contributed by atoms with Crippen LogP contribution >= 0.6 is 27.3 Å². The summed E-state index contributed by atoms with van der Waals surface area (Å²) in [7, 11) is 2.10. The molecule has 0 aliphatic heterocycles. The summed E-state index contributed by atoms with van der Waals surface area (Å²) in [6.07, 6.45) is 1.86. The van der Waals surface area contributed by atoms with Crippen LogP contribution in [0.25, 0.3) is 0 Å². The van der Waals surface area contributed by atoms with E-state index in [4.69, 9.17) is 0 Å². The van der Waals surface area contributed by atoms with Crippen molar-refractivity contribution < 1.29 is 0 Å². The van der Waals surface area contributed by atoms with E-state index in [9.17, 15) is 0 Å². The first-order chi connectivity index (χ1) is 9.61. The molecule has 20 heavy (non-hydrogen) atoms. The summed E-state index contributed by atoms with van der Waals surface area (Å²) >= 11 is 5.27. The second-order valence-electron chi connectivity index (χ2n) is 4.78. The Balaban J connectivity index is 2.18. The predicted molar refractivity (Wildman–Crippen MR) is 90.5 cm³/mol. The summed E-state index contributed by atoms with van der Waals surface area (Å²) in [5.41, 5.74) is 1.24. The minimum Gasteiger partial charge on any atom is -0.354 e. The Morgan fingerprint density at radius 2 is 2.30 bits per heavy atom. The summed E-state index contributed by atoms with van der Waals surface area (Å²) in [4.78, 5) is 8.10. The fourth-order valence-electron chi connectivity index (χ4n) is 2.23. The van der Waals surface area contributed by atoms with Crippen LogP contribution in [0.1, 0.15) is 30.3 Å². The Morgan fingerprint density at radius 1 is 1.50 bits per heavy atom. The van der Waals surface area contributed by atoms with Gasteiger partial charge in [0.25, 0.3) is 0 Å². The maximum Gasteiger partial charge on any atom is 0.133 e. The summed E-state index contributed by atoms with van der Waals surface area (Å²) in [5.74, 6) is 1.05. The number of hydrogen-bond acceptors (Lipinski definition) is 4.